The lowest BCUT2D eigenvalue weighted by molar-refractivity contribution is 0.310. The average Bonchev–Trinajstić information content (AvgIpc) is 2.54. The second-order valence-electron chi connectivity index (χ2n) is 4.90. The van der Waals surface area contributed by atoms with Crippen LogP contribution in [-0.4, -0.2) is 32.9 Å². The van der Waals surface area contributed by atoms with Crippen LogP contribution in [0.4, 0.5) is 5.95 Å². The molecule has 1 heterocycles. The van der Waals surface area contributed by atoms with E-state index in [2.05, 4.69) is 10.3 Å². The topological polar surface area (TPSA) is 87.4 Å². The fourth-order valence-electron chi connectivity index (χ4n) is 2.29. The van der Waals surface area contributed by atoms with Gasteiger partial charge in [0.25, 0.3) is 5.56 Å². The maximum Gasteiger partial charge on any atom is 0.267 e. The molecule has 0 fully saturated rings. The number of benzene rings is 2. The molecule has 6 nitrogen and oxygen atoms in total. The van der Waals surface area contributed by atoms with Gasteiger partial charge in [-0.1, -0.05) is 11.6 Å². The van der Waals surface area contributed by atoms with Crippen LogP contribution >= 0.6 is 11.6 Å². The van der Waals surface area contributed by atoms with Gasteiger partial charge >= 0.3 is 0 Å². The Balaban J connectivity index is 2.28. The fraction of sp³-hybridized carbons (Fsp3) is 0.125. The number of halogens is 1. The smallest absolute Gasteiger partial charge is 0.267 e. The number of hydrogen-bond acceptors (Lipinski definition) is 5. The number of anilines is 1. The van der Waals surface area contributed by atoms with Gasteiger partial charge in [0.05, 0.1) is 23.2 Å². The highest BCUT2D eigenvalue weighted by Crippen LogP contribution is 2.20. The quantitative estimate of drug-likeness (QED) is 0.682. The number of nitrogens with one attached hydrogen (secondary N) is 1. The van der Waals surface area contributed by atoms with Crippen molar-refractivity contribution in [1.82, 2.24) is 9.55 Å². The molecular formula is C16H14ClN3O3. The summed E-state index contributed by atoms with van der Waals surface area (Å²) in [6.07, 6.45) is 0. The van der Waals surface area contributed by atoms with Crippen LogP contribution in [0.2, 0.25) is 5.02 Å². The van der Waals surface area contributed by atoms with Crippen LogP contribution in [0, 0.1) is 0 Å². The van der Waals surface area contributed by atoms with Gasteiger partial charge in [-0.25, -0.2) is 9.55 Å². The van der Waals surface area contributed by atoms with Crippen molar-refractivity contribution >= 4 is 28.5 Å². The molecule has 0 unspecified atom stereocenters. The first-order chi connectivity index (χ1) is 11.1. The van der Waals surface area contributed by atoms with Crippen molar-refractivity contribution in [2.24, 2.45) is 0 Å². The molecule has 7 heteroatoms. The lowest BCUT2D eigenvalue weighted by Gasteiger charge is -2.14. The third kappa shape index (κ3) is 2.99. The van der Waals surface area contributed by atoms with Crippen molar-refractivity contribution in [1.29, 1.82) is 0 Å². The summed E-state index contributed by atoms with van der Waals surface area (Å²) in [5, 5.41) is 22.5. The molecule has 0 bridgehead atoms. The first kappa shape index (κ1) is 15.3. The van der Waals surface area contributed by atoms with Crippen LogP contribution < -0.4 is 10.9 Å². The summed E-state index contributed by atoms with van der Waals surface area (Å²) in [7, 11) is 0. The Kier molecular flexibility index (Phi) is 4.18. The summed E-state index contributed by atoms with van der Waals surface area (Å²) < 4.78 is 1.41. The molecule has 3 aromatic rings. The highest BCUT2D eigenvalue weighted by atomic mass is 35.5. The molecule has 0 spiro atoms. The number of fused-ring (bicyclic) bond motifs is 1. The van der Waals surface area contributed by atoms with E-state index in [1.807, 2.05) is 0 Å². The van der Waals surface area contributed by atoms with Gasteiger partial charge in [0, 0.05) is 17.6 Å². The molecule has 0 amide bonds. The molecule has 0 aliphatic carbocycles. The second-order valence-corrected chi connectivity index (χ2v) is 5.34. The number of nitrogens with zero attached hydrogens (tertiary/aromatic N) is 2. The first-order valence-electron chi connectivity index (χ1n) is 6.96. The normalized spacial score (nSPS) is 10.9. The molecule has 23 heavy (non-hydrogen) atoms. The molecule has 2 aromatic carbocycles. The van der Waals surface area contributed by atoms with E-state index in [1.54, 1.807) is 24.3 Å². The monoisotopic (exact) mass is 331 g/mol. The summed E-state index contributed by atoms with van der Waals surface area (Å²) in [5.74, 6) is 0.311. The van der Waals surface area contributed by atoms with Crippen LogP contribution in [0.15, 0.2) is 47.3 Å². The van der Waals surface area contributed by atoms with Crippen molar-refractivity contribution < 1.29 is 10.2 Å². The minimum Gasteiger partial charge on any atom is -0.508 e. The summed E-state index contributed by atoms with van der Waals surface area (Å²) in [6.45, 7) is 0.138. The summed E-state index contributed by atoms with van der Waals surface area (Å²) >= 11 is 5.90. The molecular weight excluding hydrogens is 318 g/mol. The van der Waals surface area contributed by atoms with Crippen LogP contribution in [0.3, 0.4) is 0 Å². The average molecular weight is 332 g/mol. The summed E-state index contributed by atoms with van der Waals surface area (Å²) in [5.41, 5.74) is 0.695. The van der Waals surface area contributed by atoms with E-state index in [4.69, 9.17) is 16.7 Å². The van der Waals surface area contributed by atoms with Gasteiger partial charge in [0.2, 0.25) is 5.95 Å². The Morgan fingerprint density at radius 3 is 2.61 bits per heavy atom. The largest absolute Gasteiger partial charge is 0.508 e. The summed E-state index contributed by atoms with van der Waals surface area (Å²) in [4.78, 5) is 17.2. The molecule has 0 aliphatic heterocycles. The Morgan fingerprint density at radius 2 is 1.91 bits per heavy atom. The van der Waals surface area contributed by atoms with Gasteiger partial charge in [0.1, 0.15) is 5.75 Å². The third-order valence-corrected chi connectivity index (χ3v) is 3.58. The zero-order valence-electron chi connectivity index (χ0n) is 12.0. The number of rotatable bonds is 4. The van der Waals surface area contributed by atoms with Gasteiger partial charge in [0.15, 0.2) is 0 Å². The molecule has 0 atom stereocenters. The SMILES string of the molecule is O=c1c2ccc(O)cc2nc(NCCO)n1-c1ccc(Cl)cc1. The Morgan fingerprint density at radius 1 is 1.17 bits per heavy atom. The molecule has 3 rings (SSSR count). The van der Waals surface area contributed by atoms with Crippen molar-refractivity contribution in [2.45, 2.75) is 0 Å². The predicted molar refractivity (Wildman–Crippen MR) is 89.6 cm³/mol. The van der Waals surface area contributed by atoms with E-state index in [1.165, 1.54) is 22.8 Å². The number of phenols is 1. The Labute approximate surface area is 136 Å². The van der Waals surface area contributed by atoms with E-state index in [-0.39, 0.29) is 30.4 Å². The van der Waals surface area contributed by atoms with Crippen molar-refractivity contribution in [2.75, 3.05) is 18.5 Å². The van der Waals surface area contributed by atoms with E-state index in [0.717, 1.165) is 0 Å². The lowest BCUT2D eigenvalue weighted by atomic mass is 10.2. The minimum absolute atomic E-state index is 0.0294. The highest BCUT2D eigenvalue weighted by molar-refractivity contribution is 6.30. The van der Waals surface area contributed by atoms with Crippen LogP contribution in [0.5, 0.6) is 5.75 Å². The molecule has 3 N–H and O–H groups in total. The Hall–Kier alpha value is -2.57. The number of aromatic hydroxyl groups is 1. The first-order valence-corrected chi connectivity index (χ1v) is 7.34. The van der Waals surface area contributed by atoms with E-state index >= 15 is 0 Å². The maximum atomic E-state index is 12.8. The minimum atomic E-state index is -0.280. The maximum absolute atomic E-state index is 12.8. The number of aliphatic hydroxyl groups is 1. The zero-order chi connectivity index (χ0) is 16.4. The van der Waals surface area contributed by atoms with Gasteiger partial charge in [-0.3, -0.25) is 4.79 Å². The third-order valence-electron chi connectivity index (χ3n) is 3.33. The summed E-state index contributed by atoms with van der Waals surface area (Å²) in [6, 6.07) is 11.2. The molecule has 1 aromatic heterocycles. The van der Waals surface area contributed by atoms with Gasteiger partial charge < -0.3 is 15.5 Å². The van der Waals surface area contributed by atoms with Gasteiger partial charge in [-0.05, 0) is 36.4 Å². The second kappa shape index (κ2) is 6.28. The van der Waals surface area contributed by atoms with E-state index in [0.29, 0.717) is 21.6 Å². The van der Waals surface area contributed by atoms with Crippen molar-refractivity contribution in [3.63, 3.8) is 0 Å². The van der Waals surface area contributed by atoms with Gasteiger partial charge in [-0.2, -0.15) is 0 Å². The number of aliphatic hydroxyl groups excluding tert-OH is 1. The number of aromatic nitrogens is 2. The fourth-order valence-corrected chi connectivity index (χ4v) is 2.42. The van der Waals surface area contributed by atoms with Crippen LogP contribution in [0.25, 0.3) is 16.6 Å². The molecule has 0 aliphatic rings. The van der Waals surface area contributed by atoms with Crippen molar-refractivity contribution in [3.05, 3.63) is 57.8 Å². The van der Waals surface area contributed by atoms with Crippen LogP contribution in [0.1, 0.15) is 0 Å². The molecule has 0 saturated heterocycles. The zero-order valence-corrected chi connectivity index (χ0v) is 12.8. The van der Waals surface area contributed by atoms with E-state index < -0.39 is 0 Å². The Bertz CT molecular complexity index is 907. The standard InChI is InChI=1S/C16H14ClN3O3/c17-10-1-3-11(4-2-10)20-15(23)13-6-5-12(22)9-14(13)19-16(20)18-7-8-21/h1-6,9,21-22H,7-8H2,(H,18,19). The lowest BCUT2D eigenvalue weighted by Crippen LogP contribution is -2.24. The van der Waals surface area contributed by atoms with Crippen LogP contribution in [-0.2, 0) is 0 Å². The van der Waals surface area contributed by atoms with Gasteiger partial charge in [-0.15, -0.1) is 0 Å². The predicted octanol–water partition coefficient (Wildman–Crippen LogP) is 2.15. The molecule has 0 saturated carbocycles. The van der Waals surface area contributed by atoms with E-state index in [9.17, 15) is 9.90 Å². The molecule has 0 radical (unpaired) electrons. The molecule has 118 valence electrons. The van der Waals surface area contributed by atoms with Crippen molar-refractivity contribution in [3.8, 4) is 11.4 Å². The number of hydrogen-bond donors (Lipinski definition) is 3. The highest BCUT2D eigenvalue weighted by Gasteiger charge is 2.13. The number of phenolic OH excluding ortho intramolecular Hbond substituents is 1.